The van der Waals surface area contributed by atoms with Gasteiger partial charge in [0.2, 0.25) is 5.91 Å². The number of amides is 1. The second-order valence-corrected chi connectivity index (χ2v) is 5.57. The topological polar surface area (TPSA) is 64.0 Å². The van der Waals surface area contributed by atoms with Crippen molar-refractivity contribution in [1.82, 2.24) is 15.1 Å². The number of carbonyl (C=O) groups excluding carboxylic acids is 1. The van der Waals surface area contributed by atoms with Gasteiger partial charge in [-0.25, -0.2) is 4.68 Å². The molecule has 92 valence electrons. The first-order valence-corrected chi connectivity index (χ1v) is 6.87. The lowest BCUT2D eigenvalue weighted by Gasteiger charge is -2.06. The summed E-state index contributed by atoms with van der Waals surface area (Å²) in [7, 11) is 0. The fourth-order valence-corrected chi connectivity index (χ4v) is 1.91. The molecule has 17 heavy (non-hydrogen) atoms. The zero-order valence-electron chi connectivity index (χ0n) is 8.95. The van der Waals surface area contributed by atoms with Crippen molar-refractivity contribution in [3.8, 4) is 0 Å². The van der Waals surface area contributed by atoms with Crippen LogP contribution in [0.2, 0.25) is 0 Å². The molecule has 0 aliphatic heterocycles. The number of nitrogens with one attached hydrogen (secondary N) is 1. The molecule has 1 N–H and O–H groups in total. The maximum Gasteiger partial charge on any atom is 0.282 e. The summed E-state index contributed by atoms with van der Waals surface area (Å²) in [6.45, 7) is 0.295. The van der Waals surface area contributed by atoms with Gasteiger partial charge in [0.15, 0.2) is 0 Å². The van der Waals surface area contributed by atoms with Crippen molar-refractivity contribution in [3.63, 3.8) is 0 Å². The van der Waals surface area contributed by atoms with Crippen molar-refractivity contribution >= 4 is 37.8 Å². The van der Waals surface area contributed by atoms with E-state index in [1.165, 1.54) is 10.9 Å². The lowest BCUT2D eigenvalue weighted by molar-refractivity contribution is -0.121. The Hall–Kier alpha value is -0.690. The average molecular weight is 365 g/mol. The molecular weight excluding hydrogens is 354 g/mol. The van der Waals surface area contributed by atoms with E-state index in [9.17, 15) is 9.59 Å². The van der Waals surface area contributed by atoms with E-state index < -0.39 is 0 Å². The van der Waals surface area contributed by atoms with Gasteiger partial charge in [-0.2, -0.15) is 5.10 Å². The number of aromatic nitrogens is 2. The second kappa shape index (κ2) is 5.30. The average Bonchev–Trinajstić information content (AvgIpc) is 3.09. The number of hydrogen-bond acceptors (Lipinski definition) is 3. The predicted octanol–water partition coefficient (Wildman–Crippen LogP) is 1.44. The summed E-state index contributed by atoms with van der Waals surface area (Å²) >= 11 is 6.37. The van der Waals surface area contributed by atoms with E-state index in [2.05, 4.69) is 42.3 Å². The van der Waals surface area contributed by atoms with Crippen molar-refractivity contribution in [2.75, 3.05) is 0 Å². The van der Waals surface area contributed by atoms with Crippen molar-refractivity contribution in [2.24, 2.45) is 0 Å². The maximum absolute atomic E-state index is 11.7. The molecule has 5 nitrogen and oxygen atoms in total. The summed E-state index contributed by atoms with van der Waals surface area (Å²) in [5.41, 5.74) is -0.237. The van der Waals surface area contributed by atoms with Gasteiger partial charge in [0.25, 0.3) is 5.56 Å². The smallest absolute Gasteiger partial charge is 0.282 e. The molecule has 1 saturated carbocycles. The summed E-state index contributed by atoms with van der Waals surface area (Å²) in [5, 5.41) is 6.82. The van der Waals surface area contributed by atoms with Gasteiger partial charge in [0, 0.05) is 12.5 Å². The Morgan fingerprint density at radius 2 is 2.24 bits per heavy atom. The molecule has 7 heteroatoms. The highest BCUT2D eigenvalue weighted by Gasteiger charge is 2.23. The highest BCUT2D eigenvalue weighted by molar-refractivity contribution is 9.13. The van der Waals surface area contributed by atoms with Crippen molar-refractivity contribution in [2.45, 2.75) is 31.8 Å². The third-order valence-corrected chi connectivity index (χ3v) is 4.34. The van der Waals surface area contributed by atoms with Crippen LogP contribution in [0.4, 0.5) is 0 Å². The zero-order valence-corrected chi connectivity index (χ0v) is 12.1. The molecule has 0 atom stereocenters. The fraction of sp³-hybridized carbons (Fsp3) is 0.500. The van der Waals surface area contributed by atoms with E-state index in [1.807, 2.05) is 0 Å². The lowest BCUT2D eigenvalue weighted by Crippen LogP contribution is -2.30. The highest BCUT2D eigenvalue weighted by atomic mass is 79.9. The van der Waals surface area contributed by atoms with Gasteiger partial charge < -0.3 is 5.32 Å². The SMILES string of the molecule is O=C(CCn1ncc(Br)c(Br)c1=O)NC1CC1. The van der Waals surface area contributed by atoms with E-state index in [-0.39, 0.29) is 17.9 Å². The Balaban J connectivity index is 1.96. The molecule has 1 heterocycles. The summed E-state index contributed by atoms with van der Waals surface area (Å²) < 4.78 is 2.32. The number of nitrogens with zero attached hydrogens (tertiary/aromatic N) is 2. The Morgan fingerprint density at radius 3 is 2.88 bits per heavy atom. The van der Waals surface area contributed by atoms with Crippen LogP contribution in [0.25, 0.3) is 0 Å². The molecule has 0 saturated heterocycles. The standard InChI is InChI=1S/C10H11Br2N3O2/c11-7-5-13-15(10(17)9(7)12)4-3-8(16)14-6-1-2-6/h5-6H,1-4H2,(H,14,16). The molecule has 0 aromatic carbocycles. The Morgan fingerprint density at radius 1 is 1.53 bits per heavy atom. The van der Waals surface area contributed by atoms with Gasteiger partial charge in [-0.15, -0.1) is 0 Å². The van der Waals surface area contributed by atoms with Crippen LogP contribution >= 0.6 is 31.9 Å². The number of halogens is 2. The number of rotatable bonds is 4. The monoisotopic (exact) mass is 363 g/mol. The molecule has 1 amide bonds. The van der Waals surface area contributed by atoms with E-state index >= 15 is 0 Å². The Kier molecular flexibility index (Phi) is 3.98. The van der Waals surface area contributed by atoms with E-state index in [4.69, 9.17) is 0 Å². The summed E-state index contributed by atoms with van der Waals surface area (Å²) in [4.78, 5) is 23.2. The number of aryl methyl sites for hydroxylation is 1. The molecule has 0 unspecified atom stereocenters. The van der Waals surface area contributed by atoms with Gasteiger partial charge in [-0.3, -0.25) is 9.59 Å². The van der Waals surface area contributed by atoms with Crippen LogP contribution in [0.3, 0.4) is 0 Å². The van der Waals surface area contributed by atoms with Crippen molar-refractivity contribution in [3.05, 3.63) is 25.5 Å². The first-order valence-electron chi connectivity index (χ1n) is 5.28. The molecule has 0 bridgehead atoms. The highest BCUT2D eigenvalue weighted by Crippen LogP contribution is 2.18. The minimum atomic E-state index is -0.237. The fourth-order valence-electron chi connectivity index (χ4n) is 1.34. The molecule has 2 rings (SSSR count). The number of hydrogen-bond donors (Lipinski definition) is 1. The van der Waals surface area contributed by atoms with Gasteiger partial charge in [-0.1, -0.05) is 0 Å². The first-order chi connectivity index (χ1) is 8.08. The van der Waals surface area contributed by atoms with Crippen LogP contribution in [-0.4, -0.2) is 21.7 Å². The largest absolute Gasteiger partial charge is 0.353 e. The normalized spacial score (nSPS) is 14.7. The molecule has 1 aromatic heterocycles. The molecular formula is C10H11Br2N3O2. The van der Waals surface area contributed by atoms with Crippen LogP contribution in [0, 0.1) is 0 Å². The van der Waals surface area contributed by atoms with Crippen LogP contribution < -0.4 is 10.9 Å². The van der Waals surface area contributed by atoms with Crippen molar-refractivity contribution in [1.29, 1.82) is 0 Å². The molecule has 1 aliphatic carbocycles. The third-order valence-electron chi connectivity index (χ3n) is 2.44. The van der Waals surface area contributed by atoms with Crippen LogP contribution in [-0.2, 0) is 11.3 Å². The van der Waals surface area contributed by atoms with E-state index in [0.29, 0.717) is 21.5 Å². The van der Waals surface area contributed by atoms with Gasteiger partial charge >= 0.3 is 0 Å². The summed E-state index contributed by atoms with van der Waals surface area (Å²) in [5.74, 6) is -0.0276. The summed E-state index contributed by atoms with van der Waals surface area (Å²) in [6, 6.07) is 0.351. The van der Waals surface area contributed by atoms with Gasteiger partial charge in [-0.05, 0) is 44.7 Å². The molecule has 0 radical (unpaired) electrons. The molecule has 1 fully saturated rings. The zero-order chi connectivity index (χ0) is 12.4. The van der Waals surface area contributed by atoms with Crippen LogP contribution in [0.15, 0.2) is 19.9 Å². The predicted molar refractivity (Wildman–Crippen MR) is 69.7 cm³/mol. The Labute approximate surface area is 115 Å². The van der Waals surface area contributed by atoms with Crippen molar-refractivity contribution < 1.29 is 4.79 Å². The van der Waals surface area contributed by atoms with Crippen LogP contribution in [0.1, 0.15) is 19.3 Å². The second-order valence-electron chi connectivity index (χ2n) is 3.93. The van der Waals surface area contributed by atoms with Gasteiger partial charge in [0.05, 0.1) is 17.2 Å². The molecule has 0 spiro atoms. The minimum absolute atomic E-state index is 0.0276. The van der Waals surface area contributed by atoms with Crippen LogP contribution in [0.5, 0.6) is 0 Å². The lowest BCUT2D eigenvalue weighted by atomic mass is 10.4. The molecule has 1 aliphatic rings. The maximum atomic E-state index is 11.7. The summed E-state index contributed by atoms with van der Waals surface area (Å²) in [6.07, 6.45) is 3.93. The minimum Gasteiger partial charge on any atom is -0.353 e. The first kappa shape index (κ1) is 12.8. The number of carbonyl (C=O) groups is 1. The van der Waals surface area contributed by atoms with E-state index in [1.54, 1.807) is 0 Å². The quantitative estimate of drug-likeness (QED) is 0.879. The van der Waals surface area contributed by atoms with Gasteiger partial charge in [0.1, 0.15) is 4.47 Å². The third kappa shape index (κ3) is 3.38. The molecule has 1 aromatic rings. The van der Waals surface area contributed by atoms with E-state index in [0.717, 1.165) is 12.8 Å². The Bertz CT molecular complexity index is 497.